The standard InChI is InChI=1S/C11H15ClF3N3OS/c1-7(20-2)3-4-16-8-5-17-18(6-11(13,14)15)10(19)9(8)12/h5,7,16H,3-4,6H2,1-2H3. The van der Waals surface area contributed by atoms with Crippen molar-refractivity contribution >= 4 is 29.1 Å². The molecular weight excluding hydrogens is 315 g/mol. The summed E-state index contributed by atoms with van der Waals surface area (Å²) in [5.41, 5.74) is -0.699. The topological polar surface area (TPSA) is 46.9 Å². The fourth-order valence-corrected chi connectivity index (χ4v) is 1.97. The lowest BCUT2D eigenvalue weighted by Gasteiger charge is -2.13. The van der Waals surface area contributed by atoms with Crippen LogP contribution in [-0.2, 0) is 6.54 Å². The van der Waals surface area contributed by atoms with Crippen molar-refractivity contribution in [3.8, 4) is 0 Å². The molecule has 1 atom stereocenters. The third-order valence-corrected chi connectivity index (χ3v) is 3.99. The molecule has 0 fully saturated rings. The minimum atomic E-state index is -4.51. The van der Waals surface area contributed by atoms with E-state index in [9.17, 15) is 18.0 Å². The van der Waals surface area contributed by atoms with E-state index in [4.69, 9.17) is 11.6 Å². The van der Waals surface area contributed by atoms with Gasteiger partial charge in [0.1, 0.15) is 11.6 Å². The van der Waals surface area contributed by atoms with Crippen molar-refractivity contribution in [1.82, 2.24) is 9.78 Å². The van der Waals surface area contributed by atoms with Crippen molar-refractivity contribution in [3.63, 3.8) is 0 Å². The molecule has 9 heteroatoms. The summed E-state index contributed by atoms with van der Waals surface area (Å²) in [6.45, 7) is 1.16. The van der Waals surface area contributed by atoms with E-state index in [0.29, 0.717) is 16.5 Å². The molecule has 1 aromatic rings. The van der Waals surface area contributed by atoms with Gasteiger partial charge < -0.3 is 5.32 Å². The molecule has 0 radical (unpaired) electrons. The first-order valence-electron chi connectivity index (χ1n) is 5.83. The van der Waals surface area contributed by atoms with Crippen molar-refractivity contribution in [3.05, 3.63) is 21.6 Å². The van der Waals surface area contributed by atoms with Gasteiger partial charge in [-0.25, -0.2) is 4.68 Å². The molecule has 1 unspecified atom stereocenters. The molecule has 0 spiro atoms. The Labute approximate surface area is 123 Å². The van der Waals surface area contributed by atoms with Crippen LogP contribution >= 0.6 is 23.4 Å². The van der Waals surface area contributed by atoms with Crippen LogP contribution < -0.4 is 10.9 Å². The number of hydrogen-bond donors (Lipinski definition) is 1. The fourth-order valence-electron chi connectivity index (χ4n) is 1.40. The second kappa shape index (κ2) is 7.21. The average molecular weight is 330 g/mol. The van der Waals surface area contributed by atoms with E-state index in [1.807, 2.05) is 13.2 Å². The minimum Gasteiger partial charge on any atom is -0.382 e. The molecular formula is C11H15ClF3N3OS. The Morgan fingerprint density at radius 1 is 1.55 bits per heavy atom. The monoisotopic (exact) mass is 329 g/mol. The Balaban J connectivity index is 2.77. The van der Waals surface area contributed by atoms with Crippen LogP contribution in [0.3, 0.4) is 0 Å². The molecule has 0 bridgehead atoms. The summed E-state index contributed by atoms with van der Waals surface area (Å²) < 4.78 is 37.0. The molecule has 0 aliphatic rings. The Morgan fingerprint density at radius 3 is 2.75 bits per heavy atom. The maximum Gasteiger partial charge on any atom is 0.408 e. The van der Waals surface area contributed by atoms with Gasteiger partial charge in [-0.15, -0.1) is 0 Å². The third kappa shape index (κ3) is 5.24. The fraction of sp³-hybridized carbons (Fsp3) is 0.636. The molecule has 1 N–H and O–H groups in total. The van der Waals surface area contributed by atoms with E-state index in [1.165, 1.54) is 0 Å². The number of halogens is 4. The van der Waals surface area contributed by atoms with E-state index >= 15 is 0 Å². The molecule has 20 heavy (non-hydrogen) atoms. The highest BCUT2D eigenvalue weighted by Gasteiger charge is 2.29. The van der Waals surface area contributed by atoms with Crippen LogP contribution in [0.1, 0.15) is 13.3 Å². The van der Waals surface area contributed by atoms with Gasteiger partial charge in [0.25, 0.3) is 5.56 Å². The van der Waals surface area contributed by atoms with Crippen LogP contribution in [0.5, 0.6) is 0 Å². The molecule has 0 saturated carbocycles. The summed E-state index contributed by atoms with van der Waals surface area (Å²) in [5.74, 6) is 0. The van der Waals surface area contributed by atoms with Crippen LogP contribution in [0.15, 0.2) is 11.0 Å². The number of nitrogens with one attached hydrogen (secondary N) is 1. The van der Waals surface area contributed by atoms with Gasteiger partial charge in [-0.2, -0.15) is 30.0 Å². The first kappa shape index (κ1) is 17.2. The van der Waals surface area contributed by atoms with Gasteiger partial charge in [0, 0.05) is 11.8 Å². The van der Waals surface area contributed by atoms with Crippen LogP contribution in [-0.4, -0.2) is 34.0 Å². The summed E-state index contributed by atoms with van der Waals surface area (Å²) in [6, 6.07) is 0. The summed E-state index contributed by atoms with van der Waals surface area (Å²) in [4.78, 5) is 11.6. The SMILES string of the molecule is CSC(C)CCNc1cnn(CC(F)(F)F)c(=O)c1Cl. The lowest BCUT2D eigenvalue weighted by Crippen LogP contribution is -2.31. The number of rotatable bonds is 6. The Morgan fingerprint density at radius 2 is 2.20 bits per heavy atom. The van der Waals surface area contributed by atoms with E-state index < -0.39 is 18.3 Å². The lowest BCUT2D eigenvalue weighted by molar-refractivity contribution is -0.143. The maximum absolute atomic E-state index is 12.2. The lowest BCUT2D eigenvalue weighted by atomic mass is 10.3. The van der Waals surface area contributed by atoms with Crippen LogP contribution in [0, 0.1) is 0 Å². The van der Waals surface area contributed by atoms with Crippen molar-refractivity contribution in [2.24, 2.45) is 0 Å². The Kier molecular flexibility index (Phi) is 6.19. The molecule has 1 rings (SSSR count). The molecule has 4 nitrogen and oxygen atoms in total. The number of anilines is 1. The molecule has 0 saturated heterocycles. The Bertz CT molecular complexity index is 507. The number of aromatic nitrogens is 2. The third-order valence-electron chi connectivity index (χ3n) is 2.58. The normalized spacial score (nSPS) is 13.3. The largest absolute Gasteiger partial charge is 0.408 e. The first-order chi connectivity index (χ1) is 9.24. The molecule has 1 heterocycles. The predicted molar refractivity (Wildman–Crippen MR) is 75.6 cm³/mol. The van der Waals surface area contributed by atoms with Crippen molar-refractivity contribution in [2.45, 2.75) is 31.3 Å². The second-order valence-corrected chi connectivity index (χ2v) is 5.87. The highest BCUT2D eigenvalue weighted by atomic mass is 35.5. The number of alkyl halides is 3. The zero-order valence-corrected chi connectivity index (χ0v) is 12.6. The minimum absolute atomic E-state index is 0.253. The Hall–Kier alpha value is -0.890. The van der Waals surface area contributed by atoms with Gasteiger partial charge in [0.15, 0.2) is 0 Å². The molecule has 0 amide bonds. The van der Waals surface area contributed by atoms with E-state index in [2.05, 4.69) is 10.4 Å². The van der Waals surface area contributed by atoms with Crippen molar-refractivity contribution in [1.29, 1.82) is 0 Å². The smallest absolute Gasteiger partial charge is 0.382 e. The second-order valence-electron chi connectivity index (χ2n) is 4.21. The summed E-state index contributed by atoms with van der Waals surface area (Å²) in [7, 11) is 0. The van der Waals surface area contributed by atoms with Crippen molar-refractivity contribution < 1.29 is 13.2 Å². The van der Waals surface area contributed by atoms with Gasteiger partial charge in [-0.3, -0.25) is 4.79 Å². The molecule has 0 aliphatic carbocycles. The van der Waals surface area contributed by atoms with Gasteiger partial charge in [-0.1, -0.05) is 18.5 Å². The molecule has 0 aromatic carbocycles. The van der Waals surface area contributed by atoms with E-state index in [0.717, 1.165) is 12.6 Å². The van der Waals surface area contributed by atoms with Gasteiger partial charge in [0.05, 0.1) is 11.9 Å². The highest BCUT2D eigenvalue weighted by molar-refractivity contribution is 7.99. The average Bonchev–Trinajstić information content (AvgIpc) is 2.36. The summed E-state index contributed by atoms with van der Waals surface area (Å²) >= 11 is 7.46. The highest BCUT2D eigenvalue weighted by Crippen LogP contribution is 2.19. The van der Waals surface area contributed by atoms with Gasteiger partial charge in [0.2, 0.25) is 0 Å². The zero-order chi connectivity index (χ0) is 15.3. The zero-order valence-electron chi connectivity index (χ0n) is 11.0. The van der Waals surface area contributed by atoms with Crippen LogP contribution in [0.2, 0.25) is 5.02 Å². The maximum atomic E-state index is 12.2. The molecule has 114 valence electrons. The number of thioether (sulfide) groups is 1. The van der Waals surface area contributed by atoms with Gasteiger partial charge in [-0.05, 0) is 12.7 Å². The predicted octanol–water partition coefficient (Wildman–Crippen LogP) is 3.01. The molecule has 0 aliphatic heterocycles. The van der Waals surface area contributed by atoms with E-state index in [-0.39, 0.29) is 10.7 Å². The van der Waals surface area contributed by atoms with Crippen LogP contribution in [0.4, 0.5) is 18.9 Å². The first-order valence-corrected chi connectivity index (χ1v) is 7.50. The number of hydrogen-bond acceptors (Lipinski definition) is 4. The van der Waals surface area contributed by atoms with Gasteiger partial charge >= 0.3 is 6.18 Å². The molecule has 1 aromatic heterocycles. The van der Waals surface area contributed by atoms with Crippen molar-refractivity contribution in [2.75, 3.05) is 18.1 Å². The van der Waals surface area contributed by atoms with E-state index in [1.54, 1.807) is 11.8 Å². The summed E-state index contributed by atoms with van der Waals surface area (Å²) in [5, 5.41) is 6.53. The number of nitrogens with zero attached hydrogens (tertiary/aromatic N) is 2. The van der Waals surface area contributed by atoms with Crippen LogP contribution in [0.25, 0.3) is 0 Å². The quantitative estimate of drug-likeness (QED) is 0.871. The summed E-state index contributed by atoms with van der Waals surface area (Å²) in [6.07, 6.45) is -0.553.